The van der Waals surface area contributed by atoms with Crippen LogP contribution in [0.25, 0.3) is 0 Å². The summed E-state index contributed by atoms with van der Waals surface area (Å²) in [6.07, 6.45) is 1.56. The summed E-state index contributed by atoms with van der Waals surface area (Å²) < 4.78 is 0. The Bertz CT molecular complexity index is 574. The molecule has 0 spiro atoms. The molecule has 0 bridgehead atoms. The summed E-state index contributed by atoms with van der Waals surface area (Å²) in [7, 11) is 0. The van der Waals surface area contributed by atoms with E-state index in [4.69, 9.17) is 23.2 Å². The van der Waals surface area contributed by atoms with Gasteiger partial charge in [-0.2, -0.15) is 10.1 Å². The molecule has 2 aromatic rings. The lowest BCUT2D eigenvalue weighted by Gasteiger charge is -2.10. The van der Waals surface area contributed by atoms with Gasteiger partial charge in [-0.05, 0) is 32.0 Å². The van der Waals surface area contributed by atoms with E-state index in [0.29, 0.717) is 27.5 Å². The zero-order valence-electron chi connectivity index (χ0n) is 10.5. The molecule has 0 aliphatic heterocycles. The number of hydrogen-bond donors (Lipinski definition) is 2. The molecule has 0 atom stereocenters. The van der Waals surface area contributed by atoms with Crippen molar-refractivity contribution < 1.29 is 0 Å². The molecule has 5 nitrogen and oxygen atoms in total. The van der Waals surface area contributed by atoms with Gasteiger partial charge in [0.05, 0.1) is 16.9 Å². The molecule has 19 heavy (non-hydrogen) atoms. The van der Waals surface area contributed by atoms with Gasteiger partial charge in [-0.3, -0.25) is 0 Å². The number of nitrogens with zero attached hydrogens (tertiary/aromatic N) is 3. The minimum absolute atomic E-state index is 0.263. The summed E-state index contributed by atoms with van der Waals surface area (Å²) in [6.45, 7) is 4.03. The molecule has 100 valence electrons. The molecule has 1 heterocycles. The van der Waals surface area contributed by atoms with Crippen LogP contribution >= 0.6 is 23.2 Å². The lowest BCUT2D eigenvalue weighted by Crippen LogP contribution is -2.12. The molecule has 2 N–H and O–H groups in total. The smallest absolute Gasteiger partial charge is 0.249 e. The highest BCUT2D eigenvalue weighted by Gasteiger charge is 2.06. The number of benzene rings is 1. The largest absolute Gasteiger partial charge is 0.366 e. The van der Waals surface area contributed by atoms with E-state index in [2.05, 4.69) is 25.8 Å². The molecular weight excluding hydrogens is 285 g/mol. The van der Waals surface area contributed by atoms with Gasteiger partial charge in [0, 0.05) is 11.1 Å². The third-order valence-corrected chi connectivity index (χ3v) is 2.73. The minimum atomic E-state index is 0.263. The third-order valence-electron chi connectivity index (χ3n) is 2.17. The van der Waals surface area contributed by atoms with Crippen LogP contribution in [0.3, 0.4) is 0 Å². The maximum Gasteiger partial charge on any atom is 0.249 e. The summed E-state index contributed by atoms with van der Waals surface area (Å²) in [5.41, 5.74) is 0.637. The molecular formula is C12H13Cl2N5. The lowest BCUT2D eigenvalue weighted by molar-refractivity contribution is 0.873. The Hall–Kier alpha value is -1.59. The second kappa shape index (κ2) is 6.04. The lowest BCUT2D eigenvalue weighted by atomic mass is 10.3. The molecule has 0 amide bonds. The van der Waals surface area contributed by atoms with Crippen LogP contribution in [0.5, 0.6) is 0 Å². The summed E-state index contributed by atoms with van der Waals surface area (Å²) in [5.74, 6) is 1.00. The van der Waals surface area contributed by atoms with Gasteiger partial charge in [-0.1, -0.05) is 23.2 Å². The first-order valence-corrected chi connectivity index (χ1v) is 6.48. The van der Waals surface area contributed by atoms with Crippen molar-refractivity contribution in [3.05, 3.63) is 34.4 Å². The highest BCUT2D eigenvalue weighted by molar-refractivity contribution is 6.35. The number of anilines is 3. The quantitative estimate of drug-likeness (QED) is 0.900. The maximum atomic E-state index is 6.06. The van der Waals surface area contributed by atoms with Gasteiger partial charge < -0.3 is 10.6 Å². The second-order valence-corrected chi connectivity index (χ2v) is 5.06. The van der Waals surface area contributed by atoms with Crippen LogP contribution in [-0.2, 0) is 0 Å². The molecule has 1 aromatic heterocycles. The minimum Gasteiger partial charge on any atom is -0.366 e. The SMILES string of the molecule is CC(C)Nc1cnnc(Nc2cc(Cl)ccc2Cl)n1. The topological polar surface area (TPSA) is 62.7 Å². The predicted octanol–water partition coefficient (Wildman–Crippen LogP) is 3.74. The Balaban J connectivity index is 2.21. The highest BCUT2D eigenvalue weighted by Crippen LogP contribution is 2.27. The van der Waals surface area contributed by atoms with Crippen molar-refractivity contribution in [1.82, 2.24) is 15.2 Å². The Morgan fingerprint density at radius 1 is 1.21 bits per heavy atom. The third kappa shape index (κ3) is 3.94. The van der Waals surface area contributed by atoms with E-state index in [-0.39, 0.29) is 6.04 Å². The Kier molecular flexibility index (Phi) is 4.39. The normalized spacial score (nSPS) is 10.6. The Morgan fingerprint density at radius 3 is 2.74 bits per heavy atom. The van der Waals surface area contributed by atoms with E-state index in [0.717, 1.165) is 0 Å². The zero-order chi connectivity index (χ0) is 13.8. The Morgan fingerprint density at radius 2 is 2.00 bits per heavy atom. The van der Waals surface area contributed by atoms with Crippen molar-refractivity contribution in [3.8, 4) is 0 Å². The van der Waals surface area contributed by atoms with E-state index in [9.17, 15) is 0 Å². The molecule has 7 heteroatoms. The molecule has 0 saturated heterocycles. The number of nitrogens with one attached hydrogen (secondary N) is 2. The predicted molar refractivity (Wildman–Crippen MR) is 78.3 cm³/mol. The first-order valence-electron chi connectivity index (χ1n) is 5.73. The van der Waals surface area contributed by atoms with E-state index < -0.39 is 0 Å². The van der Waals surface area contributed by atoms with Gasteiger partial charge in [-0.25, -0.2) is 0 Å². The zero-order valence-corrected chi connectivity index (χ0v) is 12.0. The van der Waals surface area contributed by atoms with Crippen LogP contribution in [0.15, 0.2) is 24.4 Å². The molecule has 1 aromatic carbocycles. The molecule has 0 aliphatic carbocycles. The molecule has 0 aliphatic rings. The number of aromatic nitrogens is 3. The van der Waals surface area contributed by atoms with Gasteiger partial charge in [0.25, 0.3) is 0 Å². The molecule has 2 rings (SSSR count). The maximum absolute atomic E-state index is 6.06. The van der Waals surface area contributed by atoms with E-state index in [1.165, 1.54) is 0 Å². The van der Waals surface area contributed by atoms with E-state index in [1.54, 1.807) is 24.4 Å². The van der Waals surface area contributed by atoms with Gasteiger partial charge in [0.1, 0.15) is 0 Å². The van der Waals surface area contributed by atoms with Crippen LogP contribution in [0.4, 0.5) is 17.5 Å². The van der Waals surface area contributed by atoms with Gasteiger partial charge in [0.2, 0.25) is 5.95 Å². The van der Waals surface area contributed by atoms with Crippen LogP contribution in [0, 0.1) is 0 Å². The molecule has 0 unspecified atom stereocenters. The monoisotopic (exact) mass is 297 g/mol. The summed E-state index contributed by atoms with van der Waals surface area (Å²) >= 11 is 12.0. The Labute approximate surface area is 121 Å². The van der Waals surface area contributed by atoms with Crippen LogP contribution in [0.1, 0.15) is 13.8 Å². The van der Waals surface area contributed by atoms with E-state index >= 15 is 0 Å². The van der Waals surface area contributed by atoms with Crippen LogP contribution in [-0.4, -0.2) is 21.2 Å². The molecule has 0 fully saturated rings. The van der Waals surface area contributed by atoms with Gasteiger partial charge >= 0.3 is 0 Å². The van der Waals surface area contributed by atoms with Crippen LogP contribution in [0.2, 0.25) is 10.0 Å². The second-order valence-electron chi connectivity index (χ2n) is 4.21. The van der Waals surface area contributed by atoms with Crippen molar-refractivity contribution >= 4 is 40.7 Å². The highest BCUT2D eigenvalue weighted by atomic mass is 35.5. The molecule has 0 saturated carbocycles. The van der Waals surface area contributed by atoms with Gasteiger partial charge in [0.15, 0.2) is 5.82 Å². The number of rotatable bonds is 4. The number of hydrogen-bond acceptors (Lipinski definition) is 5. The standard InChI is InChI=1S/C12H13Cl2N5/c1-7(2)16-11-6-15-19-12(18-11)17-10-5-8(13)3-4-9(10)14/h3-7H,1-2H3,(H2,16,17,18,19). The van der Waals surface area contributed by atoms with Crippen molar-refractivity contribution in [2.24, 2.45) is 0 Å². The first-order chi connectivity index (χ1) is 9.04. The van der Waals surface area contributed by atoms with Gasteiger partial charge in [-0.15, -0.1) is 5.10 Å². The first kappa shape index (κ1) is 13.8. The summed E-state index contributed by atoms with van der Waals surface area (Å²) in [6, 6.07) is 5.38. The fraction of sp³-hybridized carbons (Fsp3) is 0.250. The average Bonchev–Trinajstić information content (AvgIpc) is 2.33. The van der Waals surface area contributed by atoms with Crippen molar-refractivity contribution in [1.29, 1.82) is 0 Å². The van der Waals surface area contributed by atoms with Crippen LogP contribution < -0.4 is 10.6 Å². The van der Waals surface area contributed by atoms with Crippen molar-refractivity contribution in [2.45, 2.75) is 19.9 Å². The summed E-state index contributed by atoms with van der Waals surface area (Å²) in [4.78, 5) is 4.28. The van der Waals surface area contributed by atoms with Crippen molar-refractivity contribution in [2.75, 3.05) is 10.6 Å². The fourth-order valence-electron chi connectivity index (χ4n) is 1.44. The molecule has 0 radical (unpaired) electrons. The average molecular weight is 298 g/mol. The fourth-order valence-corrected chi connectivity index (χ4v) is 1.77. The number of halogens is 2. The summed E-state index contributed by atoms with van der Waals surface area (Å²) in [5, 5.41) is 15.0. The van der Waals surface area contributed by atoms with E-state index in [1.807, 2.05) is 13.8 Å². The van der Waals surface area contributed by atoms with Crippen molar-refractivity contribution in [3.63, 3.8) is 0 Å².